The van der Waals surface area contributed by atoms with E-state index < -0.39 is 6.16 Å². The van der Waals surface area contributed by atoms with Crippen molar-refractivity contribution in [2.75, 3.05) is 7.05 Å². The lowest BCUT2D eigenvalue weighted by Crippen LogP contribution is -2.29. The van der Waals surface area contributed by atoms with Gasteiger partial charge in [0.15, 0.2) is 5.75 Å². The highest BCUT2D eigenvalue weighted by Crippen LogP contribution is 2.33. The first kappa shape index (κ1) is 13.9. The molecule has 6 nitrogen and oxygen atoms in total. The number of hydrogen-bond donors (Lipinski definition) is 3. The Morgan fingerprint density at radius 2 is 2.14 bits per heavy atom. The molecule has 0 saturated heterocycles. The molecule has 0 unspecified atom stereocenters. The number of fused-ring (bicyclic) bond motifs is 1. The van der Waals surface area contributed by atoms with Crippen LogP contribution in [0.15, 0.2) is 18.2 Å². The number of H-pyrrole nitrogens is 1. The molecule has 6 heteroatoms. The molecule has 0 bridgehead atoms. The van der Waals surface area contributed by atoms with Gasteiger partial charge in [0, 0.05) is 12.0 Å². The molecule has 0 amide bonds. The van der Waals surface area contributed by atoms with E-state index in [4.69, 9.17) is 9.84 Å². The third-order valence-corrected chi connectivity index (χ3v) is 4.21. The zero-order valence-corrected chi connectivity index (χ0v) is 11.9. The summed E-state index contributed by atoms with van der Waals surface area (Å²) < 4.78 is 4.79. The molecule has 1 aliphatic carbocycles. The average molecular weight is 289 g/mol. The number of nitrogens with one attached hydrogen (secondary N) is 2. The SMILES string of the molecule is CNC1CCC(c2nc3c(OC(=O)O)cccc3[nH]2)CC1. The monoisotopic (exact) mass is 289 g/mol. The number of aromatic nitrogens is 2. The number of rotatable bonds is 3. The Morgan fingerprint density at radius 3 is 2.81 bits per heavy atom. The van der Waals surface area contributed by atoms with E-state index in [2.05, 4.69) is 15.3 Å². The van der Waals surface area contributed by atoms with Gasteiger partial charge >= 0.3 is 6.16 Å². The Kier molecular flexibility index (Phi) is 3.79. The third-order valence-electron chi connectivity index (χ3n) is 4.21. The summed E-state index contributed by atoms with van der Waals surface area (Å²) in [6.07, 6.45) is 3.12. The second-order valence-electron chi connectivity index (χ2n) is 5.48. The fourth-order valence-corrected chi connectivity index (χ4v) is 3.05. The molecule has 1 fully saturated rings. The van der Waals surface area contributed by atoms with Crippen molar-refractivity contribution in [2.45, 2.75) is 37.6 Å². The van der Waals surface area contributed by atoms with Crippen molar-refractivity contribution in [1.82, 2.24) is 15.3 Å². The van der Waals surface area contributed by atoms with E-state index in [0.717, 1.165) is 37.0 Å². The van der Waals surface area contributed by atoms with E-state index in [-0.39, 0.29) is 5.75 Å². The molecule has 3 rings (SSSR count). The van der Waals surface area contributed by atoms with Crippen LogP contribution in [0.1, 0.15) is 37.4 Å². The van der Waals surface area contributed by atoms with Crippen LogP contribution < -0.4 is 10.1 Å². The van der Waals surface area contributed by atoms with Crippen LogP contribution in [-0.2, 0) is 0 Å². The molecular formula is C15H19N3O3. The maximum atomic E-state index is 10.7. The van der Waals surface area contributed by atoms with E-state index in [1.165, 1.54) is 0 Å². The smallest absolute Gasteiger partial charge is 0.449 e. The normalized spacial score (nSPS) is 22.3. The van der Waals surface area contributed by atoms with Gasteiger partial charge in [0.05, 0.1) is 5.52 Å². The summed E-state index contributed by atoms with van der Waals surface area (Å²) in [6.45, 7) is 0. The van der Waals surface area contributed by atoms with Crippen molar-refractivity contribution in [1.29, 1.82) is 0 Å². The van der Waals surface area contributed by atoms with Gasteiger partial charge in [0.2, 0.25) is 0 Å². The summed E-state index contributed by atoms with van der Waals surface area (Å²) in [7, 11) is 2.00. The molecule has 0 radical (unpaired) electrons. The number of carbonyl (C=O) groups is 1. The van der Waals surface area contributed by atoms with Crippen molar-refractivity contribution in [2.24, 2.45) is 0 Å². The fourth-order valence-electron chi connectivity index (χ4n) is 3.05. The molecule has 2 aromatic rings. The van der Waals surface area contributed by atoms with E-state index in [1.807, 2.05) is 13.1 Å². The van der Waals surface area contributed by atoms with Crippen LogP contribution in [0.25, 0.3) is 11.0 Å². The first-order valence-corrected chi connectivity index (χ1v) is 7.24. The van der Waals surface area contributed by atoms with Crippen LogP contribution >= 0.6 is 0 Å². The maximum Gasteiger partial charge on any atom is 0.511 e. The number of imidazole rings is 1. The fraction of sp³-hybridized carbons (Fsp3) is 0.467. The number of aromatic amines is 1. The molecule has 0 atom stereocenters. The number of para-hydroxylation sites is 1. The Hall–Kier alpha value is -2.08. The Bertz CT molecular complexity index is 645. The molecule has 3 N–H and O–H groups in total. The number of carboxylic acid groups (broad SMARTS) is 1. The molecule has 1 aromatic heterocycles. The molecule has 1 aromatic carbocycles. The highest BCUT2D eigenvalue weighted by atomic mass is 16.7. The van der Waals surface area contributed by atoms with Crippen molar-refractivity contribution < 1.29 is 14.6 Å². The van der Waals surface area contributed by atoms with E-state index in [1.54, 1.807) is 12.1 Å². The van der Waals surface area contributed by atoms with Crippen molar-refractivity contribution >= 4 is 17.2 Å². The predicted octanol–water partition coefficient (Wildman–Crippen LogP) is 2.87. The van der Waals surface area contributed by atoms with Gasteiger partial charge in [-0.05, 0) is 44.9 Å². The Balaban J connectivity index is 1.86. The van der Waals surface area contributed by atoms with Crippen molar-refractivity contribution in [3.05, 3.63) is 24.0 Å². The Labute approximate surface area is 122 Å². The van der Waals surface area contributed by atoms with Crippen LogP contribution in [0.4, 0.5) is 4.79 Å². The zero-order valence-electron chi connectivity index (χ0n) is 11.9. The predicted molar refractivity (Wildman–Crippen MR) is 78.8 cm³/mol. The van der Waals surface area contributed by atoms with Gasteiger partial charge < -0.3 is 20.1 Å². The summed E-state index contributed by atoms with van der Waals surface area (Å²) in [5.74, 6) is 1.62. The summed E-state index contributed by atoms with van der Waals surface area (Å²) >= 11 is 0. The molecule has 1 aliphatic rings. The highest BCUT2D eigenvalue weighted by molar-refractivity contribution is 5.83. The first-order valence-electron chi connectivity index (χ1n) is 7.24. The summed E-state index contributed by atoms with van der Waals surface area (Å²) in [5, 5.41) is 12.1. The first-order chi connectivity index (χ1) is 10.2. The van der Waals surface area contributed by atoms with Crippen LogP contribution in [0.3, 0.4) is 0 Å². The van der Waals surface area contributed by atoms with Gasteiger partial charge in [0.25, 0.3) is 0 Å². The lowest BCUT2D eigenvalue weighted by atomic mass is 9.86. The van der Waals surface area contributed by atoms with Crippen LogP contribution in [0, 0.1) is 0 Å². The Morgan fingerprint density at radius 1 is 1.38 bits per heavy atom. The lowest BCUT2D eigenvalue weighted by Gasteiger charge is -2.26. The van der Waals surface area contributed by atoms with E-state index in [0.29, 0.717) is 17.5 Å². The largest absolute Gasteiger partial charge is 0.511 e. The molecule has 1 saturated carbocycles. The average Bonchev–Trinajstić information content (AvgIpc) is 2.92. The second kappa shape index (κ2) is 5.73. The highest BCUT2D eigenvalue weighted by Gasteiger charge is 2.24. The molecular weight excluding hydrogens is 270 g/mol. The van der Waals surface area contributed by atoms with Gasteiger partial charge in [-0.1, -0.05) is 6.07 Å². The van der Waals surface area contributed by atoms with Crippen molar-refractivity contribution in [3.63, 3.8) is 0 Å². The van der Waals surface area contributed by atoms with Gasteiger partial charge in [-0.3, -0.25) is 0 Å². The minimum absolute atomic E-state index is 0.284. The number of benzene rings is 1. The van der Waals surface area contributed by atoms with Crippen LogP contribution in [0.5, 0.6) is 5.75 Å². The number of nitrogens with zero attached hydrogens (tertiary/aromatic N) is 1. The lowest BCUT2D eigenvalue weighted by molar-refractivity contribution is 0.145. The summed E-state index contributed by atoms with van der Waals surface area (Å²) in [6, 6.07) is 5.87. The van der Waals surface area contributed by atoms with E-state index >= 15 is 0 Å². The van der Waals surface area contributed by atoms with Gasteiger partial charge in [-0.25, -0.2) is 9.78 Å². The number of ether oxygens (including phenoxy) is 1. The standard InChI is InChI=1S/C15H19N3O3/c1-16-10-7-5-9(6-8-10)14-17-11-3-2-4-12(13(11)18-14)21-15(19)20/h2-4,9-10,16H,5-8H2,1H3,(H,17,18)(H,19,20). The zero-order chi connectivity index (χ0) is 14.8. The van der Waals surface area contributed by atoms with Crippen LogP contribution in [0.2, 0.25) is 0 Å². The molecule has 0 spiro atoms. The minimum atomic E-state index is -1.32. The van der Waals surface area contributed by atoms with Crippen molar-refractivity contribution in [3.8, 4) is 5.75 Å². The van der Waals surface area contributed by atoms with Gasteiger partial charge in [-0.2, -0.15) is 0 Å². The summed E-state index contributed by atoms with van der Waals surface area (Å²) in [4.78, 5) is 18.6. The molecule has 1 heterocycles. The van der Waals surface area contributed by atoms with Gasteiger partial charge in [0.1, 0.15) is 11.3 Å². The second-order valence-corrected chi connectivity index (χ2v) is 5.48. The van der Waals surface area contributed by atoms with E-state index in [9.17, 15) is 4.79 Å². The quantitative estimate of drug-likeness (QED) is 0.597. The van der Waals surface area contributed by atoms with Gasteiger partial charge in [-0.15, -0.1) is 0 Å². The topological polar surface area (TPSA) is 87.2 Å². The minimum Gasteiger partial charge on any atom is -0.449 e. The summed E-state index contributed by atoms with van der Waals surface area (Å²) in [5.41, 5.74) is 1.41. The maximum absolute atomic E-state index is 10.7. The molecule has 21 heavy (non-hydrogen) atoms. The third kappa shape index (κ3) is 2.85. The number of hydrogen-bond acceptors (Lipinski definition) is 4. The molecule has 0 aliphatic heterocycles. The molecule has 112 valence electrons. The van der Waals surface area contributed by atoms with Crippen LogP contribution in [-0.4, -0.2) is 34.3 Å².